The lowest BCUT2D eigenvalue weighted by atomic mass is 11.2. The number of hydrogen-bond donors (Lipinski definition) is 2. The summed E-state index contributed by atoms with van der Waals surface area (Å²) in [5.74, 6) is 0. The second kappa shape index (κ2) is 1.99. The molecule has 4 nitrogen and oxygen atoms in total. The Morgan fingerprint density at radius 2 is 2.17 bits per heavy atom. The van der Waals surface area contributed by atoms with Crippen LogP contribution in [-0.2, 0) is 0 Å². The molecule has 0 aromatic rings. The number of nitro groups is 1. The Hall–Kier alpha value is -0.290. The summed E-state index contributed by atoms with van der Waals surface area (Å²) in [5, 5.41) is 9.30. The number of rotatable bonds is 1. The molecule has 0 fully saturated rings. The highest BCUT2D eigenvalue weighted by molar-refractivity contribution is 7.80. The molecule has 0 aromatic carbocycles. The van der Waals surface area contributed by atoms with E-state index in [-0.39, 0.29) is 0 Å². The monoisotopic (exact) mass is 108 g/mol. The predicted molar refractivity (Wildman–Crippen MR) is 24.0 cm³/mol. The van der Waals surface area contributed by atoms with Crippen molar-refractivity contribution in [3.63, 3.8) is 0 Å². The van der Waals surface area contributed by atoms with E-state index in [0.29, 0.717) is 0 Å². The Morgan fingerprint density at radius 3 is 2.17 bits per heavy atom. The molecule has 0 saturated carbocycles. The molecule has 0 saturated heterocycles. The van der Waals surface area contributed by atoms with Gasteiger partial charge in [0.2, 0.25) is 0 Å². The maximum Gasteiger partial charge on any atom is 0.307 e. The lowest BCUT2D eigenvalue weighted by molar-refractivity contribution is -0.493. The second-order valence-electron chi connectivity index (χ2n) is 0.699. The molecule has 1 atom stereocenters. The van der Waals surface area contributed by atoms with E-state index >= 15 is 0 Å². The van der Waals surface area contributed by atoms with E-state index in [0.717, 1.165) is 0 Å². The van der Waals surface area contributed by atoms with Crippen LogP contribution in [0.2, 0.25) is 0 Å². The lowest BCUT2D eigenvalue weighted by Gasteiger charge is -1.87. The van der Waals surface area contributed by atoms with Crippen LogP contribution in [0, 0.1) is 10.1 Å². The van der Waals surface area contributed by atoms with Crippen LogP contribution in [0.3, 0.4) is 0 Å². The van der Waals surface area contributed by atoms with Crippen molar-refractivity contribution in [3.8, 4) is 0 Å². The van der Waals surface area contributed by atoms with E-state index in [1.807, 2.05) is 0 Å². The van der Waals surface area contributed by atoms with E-state index in [1.165, 1.54) is 0 Å². The molecular formula is CH4N2O2S. The molecule has 1 unspecified atom stereocenters. The van der Waals surface area contributed by atoms with Gasteiger partial charge in [0.25, 0.3) is 0 Å². The van der Waals surface area contributed by atoms with Crippen LogP contribution in [0.5, 0.6) is 0 Å². The SMILES string of the molecule is NC(S)[N+](=O)[O-]. The van der Waals surface area contributed by atoms with Crippen LogP contribution in [0.25, 0.3) is 0 Å². The summed E-state index contributed by atoms with van der Waals surface area (Å²) in [6, 6.07) is 0. The Labute approximate surface area is 39.9 Å². The van der Waals surface area contributed by atoms with E-state index in [1.54, 1.807) is 0 Å². The number of thiol groups is 1. The molecule has 0 radical (unpaired) electrons. The third kappa shape index (κ3) is 1.98. The third-order valence-corrected chi connectivity index (χ3v) is 0.405. The van der Waals surface area contributed by atoms with Crippen molar-refractivity contribution in [2.24, 2.45) is 5.73 Å². The average molecular weight is 108 g/mol. The van der Waals surface area contributed by atoms with Crippen LogP contribution < -0.4 is 5.73 Å². The largest absolute Gasteiger partial charge is 0.307 e. The third-order valence-electron chi connectivity index (χ3n) is 0.216. The summed E-state index contributed by atoms with van der Waals surface area (Å²) >= 11 is 3.27. The minimum absolute atomic E-state index is 0.691. The maximum absolute atomic E-state index is 9.30. The van der Waals surface area contributed by atoms with Crippen LogP contribution in [0.1, 0.15) is 0 Å². The summed E-state index contributed by atoms with van der Waals surface area (Å²) in [6.07, 6.45) is 0. The fraction of sp³-hybridized carbons (Fsp3) is 1.00. The molecule has 0 rings (SSSR count). The van der Waals surface area contributed by atoms with Gasteiger partial charge in [-0.2, -0.15) is 0 Å². The summed E-state index contributed by atoms with van der Waals surface area (Å²) < 4.78 is 0. The van der Waals surface area contributed by atoms with Gasteiger partial charge in [-0.15, -0.1) is 0 Å². The van der Waals surface area contributed by atoms with Gasteiger partial charge in [0.15, 0.2) is 0 Å². The molecule has 0 aromatic heterocycles. The summed E-state index contributed by atoms with van der Waals surface area (Å²) in [6.45, 7) is 0. The molecule has 0 spiro atoms. The first-order valence-corrected chi connectivity index (χ1v) is 1.73. The zero-order valence-corrected chi connectivity index (χ0v) is 3.76. The van der Waals surface area contributed by atoms with Gasteiger partial charge < -0.3 is 0 Å². The molecule has 6 heavy (non-hydrogen) atoms. The molecule has 0 aliphatic carbocycles. The van der Waals surface area contributed by atoms with Crippen molar-refractivity contribution in [2.45, 2.75) is 5.50 Å². The molecule has 0 aliphatic heterocycles. The van der Waals surface area contributed by atoms with Gasteiger partial charge in [0, 0.05) is 0 Å². The van der Waals surface area contributed by atoms with Crippen molar-refractivity contribution < 1.29 is 4.92 Å². The molecule has 5 heteroatoms. The van der Waals surface area contributed by atoms with Gasteiger partial charge in [-0.3, -0.25) is 15.8 Å². The summed E-state index contributed by atoms with van der Waals surface area (Å²) in [4.78, 5) is 8.61. The van der Waals surface area contributed by atoms with Crippen LogP contribution in [0.15, 0.2) is 0 Å². The first-order chi connectivity index (χ1) is 2.64. The second-order valence-corrected chi connectivity index (χ2v) is 1.23. The normalized spacial score (nSPS) is 13.7. The van der Waals surface area contributed by atoms with Crippen LogP contribution in [0.4, 0.5) is 0 Å². The van der Waals surface area contributed by atoms with Crippen LogP contribution in [-0.4, -0.2) is 10.4 Å². The predicted octanol–water partition coefficient (Wildman–Crippen LogP) is -0.565. The van der Waals surface area contributed by atoms with Gasteiger partial charge in [0.05, 0.1) is 4.92 Å². The minimum atomic E-state index is -1.23. The molecular weight excluding hydrogens is 104 g/mol. The van der Waals surface area contributed by atoms with Crippen molar-refractivity contribution in [2.75, 3.05) is 0 Å². The Morgan fingerprint density at radius 1 is 2.00 bits per heavy atom. The highest BCUT2D eigenvalue weighted by Gasteiger charge is 2.01. The number of nitrogens with two attached hydrogens (primary N) is 1. The maximum atomic E-state index is 9.30. The fourth-order valence-corrected chi connectivity index (χ4v) is 0. The minimum Gasteiger partial charge on any atom is -0.262 e. The Bertz CT molecular complexity index is 62.6. The van der Waals surface area contributed by atoms with Gasteiger partial charge in [0.1, 0.15) is 0 Å². The zero-order valence-electron chi connectivity index (χ0n) is 2.87. The van der Waals surface area contributed by atoms with E-state index in [4.69, 9.17) is 0 Å². The summed E-state index contributed by atoms with van der Waals surface area (Å²) in [7, 11) is 0. The van der Waals surface area contributed by atoms with E-state index in [9.17, 15) is 10.1 Å². The van der Waals surface area contributed by atoms with E-state index in [2.05, 4.69) is 18.4 Å². The van der Waals surface area contributed by atoms with Crippen molar-refractivity contribution in [1.82, 2.24) is 0 Å². The Kier molecular flexibility index (Phi) is 1.89. The molecule has 0 aliphatic rings. The van der Waals surface area contributed by atoms with Gasteiger partial charge in [-0.25, -0.2) is 0 Å². The first-order valence-electron chi connectivity index (χ1n) is 1.21. The topological polar surface area (TPSA) is 69.2 Å². The lowest BCUT2D eigenvalue weighted by Crippen LogP contribution is -2.22. The Balaban J connectivity index is 3.26. The number of nitrogens with zero attached hydrogens (tertiary/aromatic N) is 1. The first kappa shape index (κ1) is 5.71. The summed E-state index contributed by atoms with van der Waals surface area (Å²) in [5.41, 5.74) is 3.37. The van der Waals surface area contributed by atoms with E-state index < -0.39 is 10.4 Å². The molecule has 2 N–H and O–H groups in total. The molecule has 36 valence electrons. The molecule has 0 amide bonds. The van der Waals surface area contributed by atoms with Crippen molar-refractivity contribution >= 4 is 12.6 Å². The standard InChI is InChI=1S/CH4N2O2S/c2-1(6)3(4)5/h1,6H,2H2. The molecule has 0 bridgehead atoms. The fourth-order valence-electron chi connectivity index (χ4n) is 0. The smallest absolute Gasteiger partial charge is 0.262 e. The average Bonchev–Trinajstić information content (AvgIpc) is 1.36. The molecule has 0 heterocycles. The van der Waals surface area contributed by atoms with Crippen molar-refractivity contribution in [1.29, 1.82) is 0 Å². The van der Waals surface area contributed by atoms with Gasteiger partial charge in [-0.05, 0) is 0 Å². The quantitative estimate of drug-likeness (QED) is 0.205. The number of hydrogen-bond acceptors (Lipinski definition) is 4. The van der Waals surface area contributed by atoms with Gasteiger partial charge in [-0.1, -0.05) is 12.6 Å². The van der Waals surface area contributed by atoms with Crippen LogP contribution >= 0.6 is 12.6 Å². The highest BCUT2D eigenvalue weighted by atomic mass is 32.1. The van der Waals surface area contributed by atoms with Crippen molar-refractivity contribution in [3.05, 3.63) is 10.1 Å². The highest BCUT2D eigenvalue weighted by Crippen LogP contribution is 1.80. The van der Waals surface area contributed by atoms with Gasteiger partial charge >= 0.3 is 5.50 Å². The zero-order chi connectivity index (χ0) is 5.15.